The predicted octanol–water partition coefficient (Wildman–Crippen LogP) is 0.610. The lowest BCUT2D eigenvalue weighted by molar-refractivity contribution is 0.117. The first kappa shape index (κ1) is 14.5. The normalized spacial score (nSPS) is 24.3. The number of hydrogen-bond acceptors (Lipinski definition) is 4. The molecule has 2 unspecified atom stereocenters. The molecule has 1 fully saturated rings. The zero-order valence-electron chi connectivity index (χ0n) is 10.1. The summed E-state index contributed by atoms with van der Waals surface area (Å²) in [6.07, 6.45) is 3.20. The van der Waals surface area contributed by atoms with Crippen LogP contribution in [0.15, 0.2) is 22.0 Å². The Morgan fingerprint density at radius 2 is 2.16 bits per heavy atom. The third-order valence-corrected chi connectivity index (χ3v) is 4.89. The first-order valence-corrected chi connectivity index (χ1v) is 7.83. The first-order chi connectivity index (χ1) is 8.88. The third kappa shape index (κ3) is 3.56. The Kier molecular flexibility index (Phi) is 4.29. The second-order valence-electron chi connectivity index (χ2n) is 4.65. The van der Waals surface area contributed by atoms with Gasteiger partial charge in [0.1, 0.15) is 5.02 Å². The van der Waals surface area contributed by atoms with Crippen LogP contribution in [-0.2, 0) is 10.0 Å². The quantitative estimate of drug-likeness (QED) is 0.762. The lowest BCUT2D eigenvalue weighted by Crippen LogP contribution is -2.39. The Hall–Kier alpha value is -0.890. The van der Waals surface area contributed by atoms with E-state index in [1.165, 1.54) is 0 Å². The van der Waals surface area contributed by atoms with Crippen LogP contribution in [0.1, 0.15) is 25.7 Å². The van der Waals surface area contributed by atoms with Gasteiger partial charge in [0.25, 0.3) is 5.56 Å². The van der Waals surface area contributed by atoms with Gasteiger partial charge in [0.2, 0.25) is 10.0 Å². The number of nitrogens with one attached hydrogen (secondary N) is 2. The van der Waals surface area contributed by atoms with Crippen LogP contribution in [0.3, 0.4) is 0 Å². The zero-order valence-corrected chi connectivity index (χ0v) is 11.7. The largest absolute Gasteiger partial charge is 0.393 e. The number of H-pyrrole nitrogens is 1. The monoisotopic (exact) mass is 306 g/mol. The highest BCUT2D eigenvalue weighted by molar-refractivity contribution is 7.89. The smallest absolute Gasteiger partial charge is 0.266 e. The van der Waals surface area contributed by atoms with Gasteiger partial charge in [0, 0.05) is 12.2 Å². The third-order valence-electron chi connectivity index (χ3n) is 3.11. The maximum absolute atomic E-state index is 12.1. The summed E-state index contributed by atoms with van der Waals surface area (Å²) in [6, 6.07) is 0.821. The number of pyridine rings is 1. The summed E-state index contributed by atoms with van der Waals surface area (Å²) in [4.78, 5) is 13.3. The van der Waals surface area contributed by atoms with E-state index < -0.39 is 21.7 Å². The van der Waals surface area contributed by atoms with Crippen molar-refractivity contribution in [1.82, 2.24) is 9.71 Å². The minimum Gasteiger partial charge on any atom is -0.393 e. The highest BCUT2D eigenvalue weighted by Crippen LogP contribution is 2.20. The van der Waals surface area contributed by atoms with Crippen molar-refractivity contribution >= 4 is 21.6 Å². The molecule has 8 heteroatoms. The molecule has 1 saturated carbocycles. The Labute approximate surface area is 115 Å². The fourth-order valence-corrected chi connectivity index (χ4v) is 3.66. The topological polar surface area (TPSA) is 99.3 Å². The minimum atomic E-state index is -3.74. The van der Waals surface area contributed by atoms with Gasteiger partial charge in [0.05, 0.1) is 11.0 Å². The van der Waals surface area contributed by atoms with Crippen molar-refractivity contribution in [3.63, 3.8) is 0 Å². The van der Waals surface area contributed by atoms with E-state index in [-0.39, 0.29) is 16.0 Å². The zero-order chi connectivity index (χ0) is 14.0. The van der Waals surface area contributed by atoms with Crippen molar-refractivity contribution in [3.05, 3.63) is 27.6 Å². The fraction of sp³-hybridized carbons (Fsp3) is 0.545. The number of halogens is 1. The van der Waals surface area contributed by atoms with E-state index in [2.05, 4.69) is 9.71 Å². The summed E-state index contributed by atoms with van der Waals surface area (Å²) >= 11 is 5.61. The molecule has 0 bridgehead atoms. The molecule has 1 aromatic rings. The Balaban J connectivity index is 2.17. The molecular formula is C11H15ClN2O4S. The van der Waals surface area contributed by atoms with Gasteiger partial charge in [-0.05, 0) is 31.7 Å². The van der Waals surface area contributed by atoms with Crippen LogP contribution in [0.25, 0.3) is 0 Å². The van der Waals surface area contributed by atoms with Gasteiger partial charge in [-0.15, -0.1) is 0 Å². The molecule has 106 valence electrons. The van der Waals surface area contributed by atoms with Crippen molar-refractivity contribution in [1.29, 1.82) is 0 Å². The van der Waals surface area contributed by atoms with Crippen LogP contribution >= 0.6 is 11.6 Å². The average Bonchev–Trinajstić information content (AvgIpc) is 2.32. The van der Waals surface area contributed by atoms with E-state index in [4.69, 9.17) is 11.6 Å². The van der Waals surface area contributed by atoms with Crippen LogP contribution in [-0.4, -0.2) is 30.7 Å². The molecule has 0 radical (unpaired) electrons. The number of aromatic amines is 1. The summed E-state index contributed by atoms with van der Waals surface area (Å²) in [7, 11) is -3.74. The lowest BCUT2D eigenvalue weighted by Gasteiger charge is -2.26. The maximum atomic E-state index is 12.1. The number of rotatable bonds is 3. The van der Waals surface area contributed by atoms with Crippen LogP contribution in [0.4, 0.5) is 0 Å². The summed E-state index contributed by atoms with van der Waals surface area (Å²) in [5.41, 5.74) is -0.534. The van der Waals surface area contributed by atoms with E-state index in [0.717, 1.165) is 18.7 Å². The lowest BCUT2D eigenvalue weighted by atomic mass is 9.94. The van der Waals surface area contributed by atoms with Gasteiger partial charge in [0.15, 0.2) is 0 Å². The number of aliphatic hydroxyl groups excluding tert-OH is 1. The van der Waals surface area contributed by atoms with Crippen molar-refractivity contribution in [2.75, 3.05) is 0 Å². The summed E-state index contributed by atoms with van der Waals surface area (Å²) in [5.74, 6) is 0. The molecule has 19 heavy (non-hydrogen) atoms. The molecule has 3 N–H and O–H groups in total. The molecule has 0 aromatic carbocycles. The Morgan fingerprint density at radius 3 is 2.79 bits per heavy atom. The first-order valence-electron chi connectivity index (χ1n) is 5.97. The number of sulfonamides is 1. The maximum Gasteiger partial charge on any atom is 0.266 e. The van der Waals surface area contributed by atoms with E-state index in [1.54, 1.807) is 0 Å². The Bertz CT molecular complexity index is 613. The van der Waals surface area contributed by atoms with Gasteiger partial charge in [-0.1, -0.05) is 11.6 Å². The van der Waals surface area contributed by atoms with Crippen LogP contribution in [0.5, 0.6) is 0 Å². The minimum absolute atomic E-state index is 0.0860. The van der Waals surface area contributed by atoms with Crippen molar-refractivity contribution < 1.29 is 13.5 Å². The number of aromatic nitrogens is 1. The summed E-state index contributed by atoms with van der Waals surface area (Å²) < 4.78 is 26.7. The molecule has 0 amide bonds. The van der Waals surface area contributed by atoms with Gasteiger partial charge in [-0.25, -0.2) is 13.1 Å². The van der Waals surface area contributed by atoms with E-state index in [9.17, 15) is 18.3 Å². The van der Waals surface area contributed by atoms with Crippen LogP contribution in [0.2, 0.25) is 5.02 Å². The highest BCUT2D eigenvalue weighted by atomic mass is 35.5. The highest BCUT2D eigenvalue weighted by Gasteiger charge is 2.25. The summed E-state index contributed by atoms with van der Waals surface area (Å²) in [5, 5.41) is 9.35. The van der Waals surface area contributed by atoms with E-state index in [1.807, 2.05) is 0 Å². The fourth-order valence-electron chi connectivity index (χ4n) is 2.15. The number of hydrogen-bond donors (Lipinski definition) is 3. The van der Waals surface area contributed by atoms with E-state index in [0.29, 0.717) is 19.3 Å². The van der Waals surface area contributed by atoms with Gasteiger partial charge in [-0.3, -0.25) is 4.79 Å². The molecule has 0 spiro atoms. The predicted molar refractivity (Wildman–Crippen MR) is 70.7 cm³/mol. The van der Waals surface area contributed by atoms with Crippen molar-refractivity contribution in [2.24, 2.45) is 0 Å². The van der Waals surface area contributed by atoms with Crippen LogP contribution < -0.4 is 10.3 Å². The van der Waals surface area contributed by atoms with Gasteiger partial charge < -0.3 is 10.1 Å². The van der Waals surface area contributed by atoms with E-state index >= 15 is 0 Å². The van der Waals surface area contributed by atoms with Crippen LogP contribution in [0, 0.1) is 0 Å². The Morgan fingerprint density at radius 1 is 1.42 bits per heavy atom. The molecule has 1 aliphatic carbocycles. The molecule has 0 saturated heterocycles. The second kappa shape index (κ2) is 5.62. The molecule has 1 heterocycles. The van der Waals surface area contributed by atoms with Gasteiger partial charge >= 0.3 is 0 Å². The molecule has 2 atom stereocenters. The van der Waals surface area contributed by atoms with Crippen molar-refractivity contribution in [3.8, 4) is 0 Å². The standard InChI is InChI=1S/C11H15ClN2O4S/c12-10-5-9(6-13-11(10)16)19(17,18)14-7-2-1-3-8(15)4-7/h5-8,14-15H,1-4H2,(H,13,16). The molecule has 1 aromatic heterocycles. The molecule has 1 aliphatic rings. The average molecular weight is 307 g/mol. The molecule has 0 aliphatic heterocycles. The summed E-state index contributed by atoms with van der Waals surface area (Å²) in [6.45, 7) is 0. The molecule has 6 nitrogen and oxygen atoms in total. The molecular weight excluding hydrogens is 292 g/mol. The molecule has 2 rings (SSSR count). The SMILES string of the molecule is O=c1[nH]cc(S(=O)(=O)NC2CCCC(O)C2)cc1Cl. The van der Waals surface area contributed by atoms with Crippen molar-refractivity contribution in [2.45, 2.75) is 42.7 Å². The second-order valence-corrected chi connectivity index (χ2v) is 6.77. The van der Waals surface area contributed by atoms with Gasteiger partial charge in [-0.2, -0.15) is 0 Å². The number of aliphatic hydroxyl groups is 1.